The van der Waals surface area contributed by atoms with Gasteiger partial charge in [-0.15, -0.1) is 0 Å². The van der Waals surface area contributed by atoms with E-state index in [1.807, 2.05) is 29.4 Å². The van der Waals surface area contributed by atoms with E-state index >= 15 is 0 Å². The van der Waals surface area contributed by atoms with Crippen LogP contribution in [0, 0.1) is 0 Å². The average Bonchev–Trinajstić information content (AvgIpc) is 2.69. The zero-order valence-electron chi connectivity index (χ0n) is 14.9. The van der Waals surface area contributed by atoms with Crippen LogP contribution >= 0.6 is 15.9 Å². The number of pyridine rings is 1. The number of rotatable bonds is 5. The van der Waals surface area contributed by atoms with Gasteiger partial charge in [0, 0.05) is 50.7 Å². The highest BCUT2D eigenvalue weighted by Gasteiger charge is 2.24. The highest BCUT2D eigenvalue weighted by molar-refractivity contribution is 9.10. The van der Waals surface area contributed by atoms with Crippen molar-refractivity contribution in [3.8, 4) is 11.5 Å². The van der Waals surface area contributed by atoms with Crippen molar-refractivity contribution >= 4 is 21.8 Å². The predicted octanol–water partition coefficient (Wildman–Crippen LogP) is 2.82. The minimum Gasteiger partial charge on any atom is -0.495 e. The zero-order chi connectivity index (χ0) is 18.5. The summed E-state index contributed by atoms with van der Waals surface area (Å²) >= 11 is 3.43. The molecule has 1 saturated heterocycles. The Morgan fingerprint density at radius 3 is 2.19 bits per heavy atom. The van der Waals surface area contributed by atoms with Gasteiger partial charge in [0.25, 0.3) is 5.91 Å². The third-order valence-corrected chi connectivity index (χ3v) is 5.29. The van der Waals surface area contributed by atoms with E-state index in [0.29, 0.717) is 34.6 Å². The molecule has 2 aromatic rings. The number of carbonyl (C=O) groups excluding carboxylic acids is 1. The largest absolute Gasteiger partial charge is 0.495 e. The van der Waals surface area contributed by atoms with Gasteiger partial charge in [-0.1, -0.05) is 0 Å². The van der Waals surface area contributed by atoms with Crippen molar-refractivity contribution in [3.05, 3.63) is 52.3 Å². The number of benzene rings is 1. The third kappa shape index (κ3) is 4.16. The molecule has 1 aliphatic heterocycles. The van der Waals surface area contributed by atoms with Crippen molar-refractivity contribution in [2.45, 2.75) is 6.54 Å². The first-order chi connectivity index (χ1) is 12.6. The Morgan fingerprint density at radius 1 is 1.08 bits per heavy atom. The van der Waals surface area contributed by atoms with Gasteiger partial charge < -0.3 is 14.4 Å². The molecule has 0 aliphatic carbocycles. The van der Waals surface area contributed by atoms with Gasteiger partial charge in [0.15, 0.2) is 0 Å². The monoisotopic (exact) mass is 419 g/mol. The SMILES string of the molecule is COc1cc(C(=O)N2CCN(Cc3ccncc3)CC2)cc(OC)c1Br. The molecule has 1 aromatic carbocycles. The second-order valence-electron chi connectivity index (χ2n) is 6.12. The molecule has 26 heavy (non-hydrogen) atoms. The second kappa shape index (κ2) is 8.51. The van der Waals surface area contributed by atoms with Crippen LogP contribution in [-0.4, -0.2) is 61.1 Å². The molecule has 1 amide bonds. The minimum absolute atomic E-state index is 0.00217. The molecule has 2 heterocycles. The Balaban J connectivity index is 1.65. The summed E-state index contributed by atoms with van der Waals surface area (Å²) in [5, 5.41) is 0. The number of carbonyl (C=O) groups is 1. The molecule has 0 spiro atoms. The number of ether oxygens (including phenoxy) is 2. The molecule has 1 fully saturated rings. The van der Waals surface area contributed by atoms with Crippen LogP contribution in [0.1, 0.15) is 15.9 Å². The smallest absolute Gasteiger partial charge is 0.254 e. The Labute approximate surface area is 161 Å². The summed E-state index contributed by atoms with van der Waals surface area (Å²) in [4.78, 5) is 21.2. The van der Waals surface area contributed by atoms with Crippen molar-refractivity contribution < 1.29 is 14.3 Å². The first-order valence-corrected chi connectivity index (χ1v) is 9.23. The number of piperazine rings is 1. The van der Waals surface area contributed by atoms with Crippen LogP contribution in [0.5, 0.6) is 11.5 Å². The lowest BCUT2D eigenvalue weighted by Crippen LogP contribution is -2.48. The van der Waals surface area contributed by atoms with Crippen molar-refractivity contribution in [2.24, 2.45) is 0 Å². The number of aromatic nitrogens is 1. The molecular weight excluding hydrogens is 398 g/mol. The number of halogens is 1. The normalized spacial score (nSPS) is 15.0. The lowest BCUT2D eigenvalue weighted by molar-refractivity contribution is 0.0627. The molecule has 1 aliphatic rings. The maximum Gasteiger partial charge on any atom is 0.254 e. The van der Waals surface area contributed by atoms with E-state index in [1.165, 1.54) is 5.56 Å². The van der Waals surface area contributed by atoms with E-state index in [9.17, 15) is 4.79 Å². The quantitative estimate of drug-likeness (QED) is 0.745. The molecule has 0 unspecified atom stereocenters. The number of amides is 1. The molecule has 138 valence electrons. The first-order valence-electron chi connectivity index (χ1n) is 8.44. The molecule has 1 aromatic heterocycles. The Morgan fingerprint density at radius 2 is 1.65 bits per heavy atom. The van der Waals surface area contributed by atoms with E-state index in [1.54, 1.807) is 26.4 Å². The number of nitrogens with zero attached hydrogens (tertiary/aromatic N) is 3. The Kier molecular flexibility index (Phi) is 6.11. The van der Waals surface area contributed by atoms with Crippen LogP contribution in [0.15, 0.2) is 41.1 Å². The molecule has 0 N–H and O–H groups in total. The van der Waals surface area contributed by atoms with Gasteiger partial charge in [0.2, 0.25) is 0 Å². The maximum absolute atomic E-state index is 12.9. The van der Waals surface area contributed by atoms with Gasteiger partial charge in [-0.3, -0.25) is 14.7 Å². The summed E-state index contributed by atoms with van der Waals surface area (Å²) in [6.45, 7) is 3.97. The minimum atomic E-state index is -0.00217. The molecule has 0 bridgehead atoms. The zero-order valence-corrected chi connectivity index (χ0v) is 16.5. The fraction of sp³-hybridized carbons (Fsp3) is 0.368. The van der Waals surface area contributed by atoms with Crippen molar-refractivity contribution in [1.29, 1.82) is 0 Å². The third-order valence-electron chi connectivity index (χ3n) is 4.51. The van der Waals surface area contributed by atoms with Gasteiger partial charge >= 0.3 is 0 Å². The molecular formula is C19H22BrN3O3. The number of hydrogen-bond acceptors (Lipinski definition) is 5. The lowest BCUT2D eigenvalue weighted by atomic mass is 10.1. The van der Waals surface area contributed by atoms with Crippen LogP contribution in [0.25, 0.3) is 0 Å². The molecule has 7 heteroatoms. The van der Waals surface area contributed by atoms with Crippen LogP contribution in [0.3, 0.4) is 0 Å². The highest BCUT2D eigenvalue weighted by Crippen LogP contribution is 2.36. The Hall–Kier alpha value is -2.12. The summed E-state index contributed by atoms with van der Waals surface area (Å²) in [5.41, 5.74) is 1.81. The highest BCUT2D eigenvalue weighted by atomic mass is 79.9. The van der Waals surface area contributed by atoms with E-state index < -0.39 is 0 Å². The standard InChI is InChI=1S/C19H22BrN3O3/c1-25-16-11-15(12-17(26-2)18(16)20)19(24)23-9-7-22(8-10-23)13-14-3-5-21-6-4-14/h3-6,11-12H,7-10,13H2,1-2H3. The molecule has 0 saturated carbocycles. The predicted molar refractivity (Wildman–Crippen MR) is 103 cm³/mol. The van der Waals surface area contributed by atoms with Crippen LogP contribution in [0.2, 0.25) is 0 Å². The fourth-order valence-corrected chi connectivity index (χ4v) is 3.58. The summed E-state index contributed by atoms with van der Waals surface area (Å²) in [5.74, 6) is 1.17. The second-order valence-corrected chi connectivity index (χ2v) is 6.91. The molecule has 3 rings (SSSR count). The van der Waals surface area contributed by atoms with Crippen LogP contribution in [-0.2, 0) is 6.54 Å². The summed E-state index contributed by atoms with van der Waals surface area (Å²) < 4.78 is 11.4. The maximum atomic E-state index is 12.9. The van der Waals surface area contributed by atoms with Crippen LogP contribution < -0.4 is 9.47 Å². The van der Waals surface area contributed by atoms with Gasteiger partial charge in [-0.2, -0.15) is 0 Å². The first kappa shape index (κ1) is 18.7. The average molecular weight is 420 g/mol. The van der Waals surface area contributed by atoms with Crippen molar-refractivity contribution in [3.63, 3.8) is 0 Å². The topological polar surface area (TPSA) is 54.9 Å². The number of methoxy groups -OCH3 is 2. The van der Waals surface area contributed by atoms with Crippen molar-refractivity contribution in [2.75, 3.05) is 40.4 Å². The molecule has 0 atom stereocenters. The molecule has 6 nitrogen and oxygen atoms in total. The van der Waals surface area contributed by atoms with E-state index in [2.05, 4.69) is 25.8 Å². The Bertz CT molecular complexity index is 737. The molecule has 0 radical (unpaired) electrons. The van der Waals surface area contributed by atoms with Gasteiger partial charge in [0.05, 0.1) is 14.2 Å². The van der Waals surface area contributed by atoms with E-state index in [-0.39, 0.29) is 5.91 Å². The van der Waals surface area contributed by atoms with E-state index in [4.69, 9.17) is 9.47 Å². The fourth-order valence-electron chi connectivity index (χ4n) is 3.03. The van der Waals surface area contributed by atoms with Gasteiger partial charge in [0.1, 0.15) is 16.0 Å². The summed E-state index contributed by atoms with van der Waals surface area (Å²) in [6, 6.07) is 7.55. The summed E-state index contributed by atoms with van der Waals surface area (Å²) in [6.07, 6.45) is 3.62. The van der Waals surface area contributed by atoms with Gasteiger partial charge in [-0.25, -0.2) is 0 Å². The van der Waals surface area contributed by atoms with Crippen LogP contribution in [0.4, 0.5) is 0 Å². The number of hydrogen-bond donors (Lipinski definition) is 0. The van der Waals surface area contributed by atoms with Crippen molar-refractivity contribution in [1.82, 2.24) is 14.8 Å². The lowest BCUT2D eigenvalue weighted by Gasteiger charge is -2.34. The summed E-state index contributed by atoms with van der Waals surface area (Å²) in [7, 11) is 3.15. The van der Waals surface area contributed by atoms with Gasteiger partial charge in [-0.05, 0) is 45.8 Å². The van der Waals surface area contributed by atoms with E-state index in [0.717, 1.165) is 19.6 Å².